The lowest BCUT2D eigenvalue weighted by atomic mass is 10.1. The van der Waals surface area contributed by atoms with Crippen LogP contribution in [0.3, 0.4) is 0 Å². The summed E-state index contributed by atoms with van der Waals surface area (Å²) in [7, 11) is 3.12. The second-order valence-electron chi connectivity index (χ2n) is 9.34. The smallest absolute Gasteiger partial charge is 0.272 e. The van der Waals surface area contributed by atoms with Crippen LogP contribution in [-0.4, -0.2) is 37.2 Å². The third-order valence-corrected chi connectivity index (χ3v) is 7.69. The summed E-state index contributed by atoms with van der Waals surface area (Å²) in [5.74, 6) is 0.125. The quantitative estimate of drug-likeness (QED) is 0.126. The van der Waals surface area contributed by atoms with Crippen molar-refractivity contribution in [3.8, 4) is 11.5 Å². The van der Waals surface area contributed by atoms with Gasteiger partial charge in [-0.3, -0.25) is 14.4 Å². The molecule has 0 aromatic heterocycles. The maximum Gasteiger partial charge on any atom is 0.272 e. The summed E-state index contributed by atoms with van der Waals surface area (Å²) in [5.41, 5.74) is 2.27. The number of ether oxygens (including phenoxy) is 2. The number of thioether (sulfide) groups is 1. The van der Waals surface area contributed by atoms with Crippen molar-refractivity contribution in [2.75, 3.05) is 24.9 Å². The predicted molar refractivity (Wildman–Crippen MR) is 172 cm³/mol. The van der Waals surface area contributed by atoms with Gasteiger partial charge in [-0.2, -0.15) is 0 Å². The van der Waals surface area contributed by atoms with E-state index in [0.29, 0.717) is 40.4 Å². The fourth-order valence-electron chi connectivity index (χ4n) is 4.13. The van der Waals surface area contributed by atoms with Crippen LogP contribution in [0.2, 0.25) is 0 Å². The van der Waals surface area contributed by atoms with Crippen molar-refractivity contribution in [2.45, 2.75) is 23.5 Å². The first kappa shape index (κ1) is 30.9. The van der Waals surface area contributed by atoms with Crippen molar-refractivity contribution in [1.29, 1.82) is 0 Å². The van der Waals surface area contributed by atoms with E-state index >= 15 is 0 Å². The third kappa shape index (κ3) is 8.73. The standard InChI is InChI=1S/C34H33N3O5S/c1-4-31(34(40)36-28-18-8-9-19-30(28)42-3)43-27-17-11-15-25(22-27)35-33(39)29(21-23-12-10-16-26(20-23)41-2)37-32(38)24-13-6-5-7-14-24/h5-22,31H,4H2,1-3H3,(H,35,39)(H,36,40)(H,37,38)/b29-21-. The Morgan fingerprint density at radius 2 is 1.56 bits per heavy atom. The van der Waals surface area contributed by atoms with Gasteiger partial charge in [-0.15, -0.1) is 11.8 Å². The number of hydrogen-bond acceptors (Lipinski definition) is 6. The Kier molecular flexibility index (Phi) is 11.0. The highest BCUT2D eigenvalue weighted by Crippen LogP contribution is 2.30. The van der Waals surface area contributed by atoms with Gasteiger partial charge in [-0.25, -0.2) is 0 Å². The minimum absolute atomic E-state index is 0.0581. The van der Waals surface area contributed by atoms with E-state index in [1.807, 2.05) is 37.3 Å². The second-order valence-corrected chi connectivity index (χ2v) is 10.6. The van der Waals surface area contributed by atoms with Crippen LogP contribution >= 0.6 is 11.8 Å². The molecule has 0 fully saturated rings. The molecule has 0 bridgehead atoms. The number of nitrogens with one attached hydrogen (secondary N) is 3. The second kappa shape index (κ2) is 15.3. The zero-order valence-electron chi connectivity index (χ0n) is 24.1. The number of benzene rings is 4. The predicted octanol–water partition coefficient (Wildman–Crippen LogP) is 6.62. The Bertz CT molecular complexity index is 1610. The van der Waals surface area contributed by atoms with Crippen molar-refractivity contribution in [3.05, 3.63) is 120 Å². The minimum Gasteiger partial charge on any atom is -0.497 e. The summed E-state index contributed by atoms with van der Waals surface area (Å²) in [6.07, 6.45) is 2.17. The summed E-state index contributed by atoms with van der Waals surface area (Å²) in [5, 5.41) is 8.19. The Morgan fingerprint density at radius 1 is 0.814 bits per heavy atom. The highest BCUT2D eigenvalue weighted by atomic mass is 32.2. The monoisotopic (exact) mass is 595 g/mol. The number of amides is 3. The number of methoxy groups -OCH3 is 2. The summed E-state index contributed by atoms with van der Waals surface area (Å²) in [6, 6.07) is 30.3. The Labute approximate surface area is 255 Å². The van der Waals surface area contributed by atoms with Crippen molar-refractivity contribution in [2.24, 2.45) is 0 Å². The van der Waals surface area contributed by atoms with Gasteiger partial charge in [-0.1, -0.05) is 55.5 Å². The van der Waals surface area contributed by atoms with Crippen LogP contribution in [0.25, 0.3) is 6.08 Å². The summed E-state index contributed by atoms with van der Waals surface area (Å²) in [6.45, 7) is 1.94. The molecular formula is C34H33N3O5S. The van der Waals surface area contributed by atoms with Crippen LogP contribution in [0.15, 0.2) is 114 Å². The Hall–Kier alpha value is -5.02. The van der Waals surface area contributed by atoms with Gasteiger partial charge >= 0.3 is 0 Å². The lowest BCUT2D eigenvalue weighted by Gasteiger charge is -2.17. The van der Waals surface area contributed by atoms with E-state index in [2.05, 4.69) is 16.0 Å². The molecule has 3 amide bonds. The fourth-order valence-corrected chi connectivity index (χ4v) is 5.15. The van der Waals surface area contributed by atoms with Gasteiger partial charge in [0.2, 0.25) is 5.91 Å². The zero-order chi connectivity index (χ0) is 30.6. The summed E-state index contributed by atoms with van der Waals surface area (Å²) < 4.78 is 10.7. The molecule has 220 valence electrons. The number of rotatable bonds is 12. The van der Waals surface area contributed by atoms with Crippen LogP contribution < -0.4 is 25.4 Å². The topological polar surface area (TPSA) is 106 Å². The van der Waals surface area contributed by atoms with Gasteiger partial charge in [0.15, 0.2) is 0 Å². The Balaban J connectivity index is 1.51. The molecule has 9 heteroatoms. The molecule has 1 unspecified atom stereocenters. The maximum absolute atomic E-state index is 13.5. The summed E-state index contributed by atoms with van der Waals surface area (Å²) >= 11 is 1.39. The van der Waals surface area contributed by atoms with E-state index < -0.39 is 11.8 Å². The first-order valence-electron chi connectivity index (χ1n) is 13.6. The average Bonchev–Trinajstić information content (AvgIpc) is 3.04. The molecule has 8 nitrogen and oxygen atoms in total. The van der Waals surface area contributed by atoms with Gasteiger partial charge in [0.25, 0.3) is 11.8 Å². The molecule has 0 aliphatic carbocycles. The van der Waals surface area contributed by atoms with Crippen molar-refractivity contribution >= 4 is 46.9 Å². The van der Waals surface area contributed by atoms with E-state index in [4.69, 9.17) is 9.47 Å². The maximum atomic E-state index is 13.5. The number of hydrogen-bond donors (Lipinski definition) is 3. The zero-order valence-corrected chi connectivity index (χ0v) is 24.9. The summed E-state index contributed by atoms with van der Waals surface area (Å²) in [4.78, 5) is 40.3. The highest BCUT2D eigenvalue weighted by Gasteiger charge is 2.20. The molecule has 4 aromatic rings. The molecule has 43 heavy (non-hydrogen) atoms. The highest BCUT2D eigenvalue weighted by molar-refractivity contribution is 8.00. The number of para-hydroxylation sites is 2. The van der Waals surface area contributed by atoms with E-state index in [1.165, 1.54) is 11.8 Å². The molecule has 0 spiro atoms. The lowest BCUT2D eigenvalue weighted by Crippen LogP contribution is -2.30. The molecule has 0 saturated carbocycles. The van der Waals surface area contributed by atoms with Gasteiger partial charge in [0.05, 0.1) is 25.2 Å². The van der Waals surface area contributed by atoms with Crippen molar-refractivity contribution < 1.29 is 23.9 Å². The molecule has 0 radical (unpaired) electrons. The molecule has 0 aliphatic heterocycles. The number of carbonyl (C=O) groups excluding carboxylic acids is 3. The number of carbonyl (C=O) groups is 3. The molecule has 0 heterocycles. The third-order valence-electron chi connectivity index (χ3n) is 6.33. The number of anilines is 2. The molecule has 4 aromatic carbocycles. The van der Waals surface area contributed by atoms with Gasteiger partial charge in [-0.05, 0) is 72.7 Å². The molecule has 0 aliphatic rings. The van der Waals surface area contributed by atoms with Crippen LogP contribution in [0.4, 0.5) is 11.4 Å². The van der Waals surface area contributed by atoms with E-state index in [-0.39, 0.29) is 16.9 Å². The van der Waals surface area contributed by atoms with Crippen LogP contribution in [-0.2, 0) is 9.59 Å². The molecule has 3 N–H and O–H groups in total. The van der Waals surface area contributed by atoms with Crippen molar-refractivity contribution in [3.63, 3.8) is 0 Å². The average molecular weight is 596 g/mol. The van der Waals surface area contributed by atoms with Gasteiger partial charge < -0.3 is 25.4 Å². The molecule has 1 atom stereocenters. The van der Waals surface area contributed by atoms with Crippen LogP contribution in [0.1, 0.15) is 29.3 Å². The molecular weight excluding hydrogens is 562 g/mol. The fraction of sp³-hybridized carbons (Fsp3) is 0.147. The minimum atomic E-state index is -0.504. The largest absolute Gasteiger partial charge is 0.497 e. The van der Waals surface area contributed by atoms with Crippen molar-refractivity contribution in [1.82, 2.24) is 5.32 Å². The first-order valence-corrected chi connectivity index (χ1v) is 14.5. The molecule has 0 saturated heterocycles. The van der Waals surface area contributed by atoms with Gasteiger partial charge in [0, 0.05) is 16.1 Å². The van der Waals surface area contributed by atoms with Crippen LogP contribution in [0.5, 0.6) is 11.5 Å². The SMILES string of the molecule is CCC(Sc1cccc(NC(=O)/C(=C/c2cccc(OC)c2)NC(=O)c2ccccc2)c1)C(=O)Nc1ccccc1OC. The van der Waals surface area contributed by atoms with E-state index in [0.717, 1.165) is 4.90 Å². The normalized spacial score (nSPS) is 11.7. The lowest BCUT2D eigenvalue weighted by molar-refractivity contribution is -0.116. The van der Waals surface area contributed by atoms with E-state index in [1.54, 1.807) is 93.1 Å². The van der Waals surface area contributed by atoms with E-state index in [9.17, 15) is 14.4 Å². The Morgan fingerprint density at radius 3 is 2.30 bits per heavy atom. The first-order chi connectivity index (χ1) is 20.9. The van der Waals surface area contributed by atoms with Gasteiger partial charge in [0.1, 0.15) is 17.2 Å². The molecule has 4 rings (SSSR count). The van der Waals surface area contributed by atoms with Crippen LogP contribution in [0, 0.1) is 0 Å².